The van der Waals surface area contributed by atoms with Gasteiger partial charge in [-0.15, -0.1) is 0 Å². The molecule has 1 aromatic heterocycles. The third kappa shape index (κ3) is 5.17. The summed E-state index contributed by atoms with van der Waals surface area (Å²) in [7, 11) is 0. The molecule has 154 valence electrons. The molecule has 0 saturated carbocycles. The van der Waals surface area contributed by atoms with Crippen molar-refractivity contribution < 1.29 is 14.0 Å². The van der Waals surface area contributed by atoms with Gasteiger partial charge in [0.05, 0.1) is 0 Å². The fourth-order valence-electron chi connectivity index (χ4n) is 2.89. The summed E-state index contributed by atoms with van der Waals surface area (Å²) in [5.41, 5.74) is 2.41. The molecule has 2 amide bonds. The van der Waals surface area contributed by atoms with Gasteiger partial charge < -0.3 is 15.1 Å². The van der Waals surface area contributed by atoms with Crippen LogP contribution in [-0.4, -0.2) is 16.9 Å². The number of hydrogen-bond donors (Lipinski definition) is 3. The Kier molecular flexibility index (Phi) is 6.11. The van der Waals surface area contributed by atoms with E-state index in [0.29, 0.717) is 22.5 Å². The van der Waals surface area contributed by atoms with Crippen molar-refractivity contribution in [2.75, 3.05) is 10.6 Å². The van der Waals surface area contributed by atoms with Gasteiger partial charge in [0.25, 0.3) is 11.8 Å². The molecule has 0 bridgehead atoms. The molecule has 6 nitrogen and oxygen atoms in total. The lowest BCUT2D eigenvalue weighted by Gasteiger charge is -2.10. The quantitative estimate of drug-likeness (QED) is 0.323. The van der Waals surface area contributed by atoms with Crippen molar-refractivity contribution in [1.29, 1.82) is 0 Å². The van der Waals surface area contributed by atoms with E-state index in [1.54, 1.807) is 48.5 Å². The van der Waals surface area contributed by atoms with E-state index in [9.17, 15) is 9.59 Å². The molecule has 31 heavy (non-hydrogen) atoms. The van der Waals surface area contributed by atoms with Crippen molar-refractivity contribution in [2.45, 2.75) is 0 Å². The second-order valence-electron chi connectivity index (χ2n) is 6.60. The van der Waals surface area contributed by atoms with Gasteiger partial charge >= 0.3 is 0 Å². The van der Waals surface area contributed by atoms with Gasteiger partial charge in [0, 0.05) is 26.8 Å². The summed E-state index contributed by atoms with van der Waals surface area (Å²) in [5.74, 6) is -0.415. The molecule has 1 heterocycles. The number of benzene rings is 3. The number of anilines is 2. The first kappa shape index (κ1) is 20.8. The highest BCUT2D eigenvalue weighted by atomic mass is 79.9. The van der Waals surface area contributed by atoms with Crippen LogP contribution in [0.5, 0.6) is 0 Å². The molecule has 0 aliphatic rings. The fourth-order valence-corrected chi connectivity index (χ4v) is 3.50. The summed E-state index contributed by atoms with van der Waals surface area (Å²) in [6, 6.07) is 23.1. The average Bonchev–Trinajstić information content (AvgIpc) is 3.19. The number of rotatable bonds is 4. The minimum absolute atomic E-state index is 0.170. The zero-order valence-electron chi connectivity index (χ0n) is 16.0. The van der Waals surface area contributed by atoms with Crippen molar-refractivity contribution >= 4 is 67.4 Å². The van der Waals surface area contributed by atoms with Crippen molar-refractivity contribution in [2.24, 2.45) is 0 Å². The second-order valence-corrected chi connectivity index (χ2v) is 7.92. The van der Waals surface area contributed by atoms with E-state index in [1.807, 2.05) is 30.3 Å². The Morgan fingerprint density at radius 1 is 0.806 bits per heavy atom. The number of fused-ring (bicyclic) bond motifs is 1. The molecule has 0 spiro atoms. The molecule has 0 aliphatic heterocycles. The van der Waals surface area contributed by atoms with Gasteiger partial charge in [0.15, 0.2) is 10.9 Å². The van der Waals surface area contributed by atoms with Gasteiger partial charge in [-0.1, -0.05) is 40.2 Å². The molecule has 0 aliphatic carbocycles. The molecular weight excluding hydrogens is 478 g/mol. The largest absolute Gasteiger partial charge is 0.451 e. The lowest BCUT2D eigenvalue weighted by Crippen LogP contribution is -2.34. The van der Waals surface area contributed by atoms with E-state index in [2.05, 4.69) is 31.9 Å². The Bertz CT molecular complexity index is 1250. The van der Waals surface area contributed by atoms with Crippen LogP contribution in [-0.2, 0) is 0 Å². The van der Waals surface area contributed by atoms with Crippen LogP contribution < -0.4 is 16.0 Å². The highest BCUT2D eigenvalue weighted by Gasteiger charge is 2.13. The van der Waals surface area contributed by atoms with Gasteiger partial charge in [-0.05, 0) is 66.8 Å². The van der Waals surface area contributed by atoms with Crippen molar-refractivity contribution in [3.63, 3.8) is 0 Å². The lowest BCUT2D eigenvalue weighted by atomic mass is 10.2. The van der Waals surface area contributed by atoms with Crippen molar-refractivity contribution in [3.05, 3.63) is 94.7 Å². The SMILES string of the molecule is O=C(NC(=S)Nc1ccc(NC(=O)c2cc3ccccc3o2)cc1)c1cccc(Br)c1. The van der Waals surface area contributed by atoms with Gasteiger partial charge in [-0.2, -0.15) is 0 Å². The standard InChI is InChI=1S/C23H16BrN3O3S/c24-16-6-3-5-15(12-16)21(28)27-23(31)26-18-10-8-17(9-11-18)25-22(29)20-13-14-4-1-2-7-19(14)30-20/h1-13H,(H,25,29)(H2,26,27,28,31). The minimum Gasteiger partial charge on any atom is -0.451 e. The molecule has 0 saturated heterocycles. The van der Waals surface area contributed by atoms with Gasteiger partial charge in [0.2, 0.25) is 0 Å². The van der Waals surface area contributed by atoms with Crippen LogP contribution in [0.4, 0.5) is 11.4 Å². The van der Waals surface area contributed by atoms with Crippen LogP contribution in [0.15, 0.2) is 87.8 Å². The highest BCUT2D eigenvalue weighted by Crippen LogP contribution is 2.20. The number of nitrogens with one attached hydrogen (secondary N) is 3. The fraction of sp³-hybridized carbons (Fsp3) is 0. The maximum absolute atomic E-state index is 12.4. The third-order valence-corrected chi connectivity index (χ3v) is 5.06. The van der Waals surface area contributed by atoms with Crippen LogP contribution in [0.1, 0.15) is 20.9 Å². The Hall–Kier alpha value is -3.49. The van der Waals surface area contributed by atoms with Gasteiger partial charge in [0.1, 0.15) is 5.58 Å². The van der Waals surface area contributed by atoms with Crippen LogP contribution in [0, 0.1) is 0 Å². The summed E-state index contributed by atoms with van der Waals surface area (Å²) in [6.07, 6.45) is 0. The molecule has 0 fully saturated rings. The average molecular weight is 494 g/mol. The molecule has 0 unspecified atom stereocenters. The monoisotopic (exact) mass is 493 g/mol. The number of thiocarbonyl (C=S) groups is 1. The van der Waals surface area contributed by atoms with Crippen LogP contribution in [0.3, 0.4) is 0 Å². The molecule has 3 aromatic carbocycles. The first-order valence-electron chi connectivity index (χ1n) is 9.26. The third-order valence-electron chi connectivity index (χ3n) is 4.36. The zero-order valence-corrected chi connectivity index (χ0v) is 18.4. The minimum atomic E-state index is -0.339. The number of furan rings is 1. The molecule has 4 aromatic rings. The number of amides is 2. The smallest absolute Gasteiger partial charge is 0.291 e. The van der Waals surface area contributed by atoms with Gasteiger partial charge in [-0.3, -0.25) is 14.9 Å². The zero-order chi connectivity index (χ0) is 21.8. The van der Waals surface area contributed by atoms with E-state index in [0.717, 1.165) is 9.86 Å². The first-order valence-corrected chi connectivity index (χ1v) is 10.5. The molecule has 0 radical (unpaired) electrons. The Balaban J connectivity index is 1.34. The van der Waals surface area contributed by atoms with E-state index >= 15 is 0 Å². The first-order chi connectivity index (χ1) is 15.0. The maximum Gasteiger partial charge on any atom is 0.291 e. The maximum atomic E-state index is 12.4. The Morgan fingerprint density at radius 2 is 1.52 bits per heavy atom. The number of carbonyl (C=O) groups excluding carboxylic acids is 2. The predicted octanol–water partition coefficient (Wildman–Crippen LogP) is 5.57. The van der Waals surface area contributed by atoms with Crippen molar-refractivity contribution in [1.82, 2.24) is 5.32 Å². The van der Waals surface area contributed by atoms with E-state index in [4.69, 9.17) is 16.6 Å². The molecule has 8 heteroatoms. The van der Waals surface area contributed by atoms with E-state index < -0.39 is 0 Å². The predicted molar refractivity (Wildman–Crippen MR) is 128 cm³/mol. The van der Waals surface area contributed by atoms with Crippen molar-refractivity contribution in [3.8, 4) is 0 Å². The molecular formula is C23H16BrN3O3S. The van der Waals surface area contributed by atoms with Crippen LogP contribution >= 0.6 is 28.1 Å². The van der Waals surface area contributed by atoms with Crippen LogP contribution in [0.25, 0.3) is 11.0 Å². The second kappa shape index (κ2) is 9.11. The molecule has 0 atom stereocenters. The Labute approximate surface area is 191 Å². The Morgan fingerprint density at radius 3 is 2.23 bits per heavy atom. The summed E-state index contributed by atoms with van der Waals surface area (Å²) >= 11 is 8.54. The number of halogens is 1. The molecule has 4 rings (SSSR count). The molecule has 3 N–H and O–H groups in total. The number of carbonyl (C=O) groups is 2. The van der Waals surface area contributed by atoms with Gasteiger partial charge in [-0.25, -0.2) is 0 Å². The topological polar surface area (TPSA) is 83.4 Å². The number of para-hydroxylation sites is 1. The summed E-state index contributed by atoms with van der Waals surface area (Å²) in [6.45, 7) is 0. The summed E-state index contributed by atoms with van der Waals surface area (Å²) in [5, 5.41) is 9.40. The summed E-state index contributed by atoms with van der Waals surface area (Å²) in [4.78, 5) is 24.7. The van der Waals surface area contributed by atoms with E-state index in [1.165, 1.54) is 0 Å². The number of hydrogen-bond acceptors (Lipinski definition) is 4. The summed E-state index contributed by atoms with van der Waals surface area (Å²) < 4.78 is 6.38. The van der Waals surface area contributed by atoms with Crippen LogP contribution in [0.2, 0.25) is 0 Å². The highest BCUT2D eigenvalue weighted by molar-refractivity contribution is 9.10. The van der Waals surface area contributed by atoms with E-state index in [-0.39, 0.29) is 22.7 Å². The lowest BCUT2D eigenvalue weighted by molar-refractivity contribution is 0.0975. The normalized spacial score (nSPS) is 10.5.